The van der Waals surface area contributed by atoms with Crippen molar-refractivity contribution >= 4 is 22.8 Å². The molecule has 0 saturated carbocycles. The van der Waals surface area contributed by atoms with Crippen molar-refractivity contribution in [2.75, 3.05) is 12.0 Å². The summed E-state index contributed by atoms with van der Waals surface area (Å²) in [7, 11) is 0. The highest BCUT2D eigenvalue weighted by atomic mass is 16.6. The number of hydrogen-bond acceptors (Lipinski definition) is 9. The van der Waals surface area contributed by atoms with Gasteiger partial charge in [-0.1, -0.05) is 0 Å². The number of rotatable bonds is 4. The van der Waals surface area contributed by atoms with E-state index in [1.165, 1.54) is 10.8 Å². The maximum atomic E-state index is 11.8. The first-order valence-corrected chi connectivity index (χ1v) is 7.17. The van der Waals surface area contributed by atoms with Gasteiger partial charge in [0, 0.05) is 6.20 Å². The van der Waals surface area contributed by atoms with Crippen molar-refractivity contribution in [2.45, 2.75) is 31.5 Å². The number of carbonyl (C=O) groups excluding carboxylic acids is 1. The highest BCUT2D eigenvalue weighted by Gasteiger charge is 2.44. The van der Waals surface area contributed by atoms with Crippen LogP contribution in [0, 0.1) is 6.92 Å². The first kappa shape index (κ1) is 16.5. The molecular formula is C13H18N6O5. The molecule has 0 aliphatic carbocycles. The van der Waals surface area contributed by atoms with Crippen LogP contribution < -0.4 is 17.0 Å². The summed E-state index contributed by atoms with van der Waals surface area (Å²) in [6, 6.07) is 0. The van der Waals surface area contributed by atoms with E-state index in [1.54, 1.807) is 6.92 Å². The molecule has 3 rings (SSSR count). The fourth-order valence-electron chi connectivity index (χ4n) is 2.85. The highest BCUT2D eigenvalue weighted by Crippen LogP contribution is 2.35. The monoisotopic (exact) mass is 338 g/mol. The molecule has 1 amide bonds. The molecule has 0 aromatic carbocycles. The summed E-state index contributed by atoms with van der Waals surface area (Å²) in [6.07, 6.45) is -3.29. The number of aliphatic hydroxyl groups is 3. The fraction of sp³-hybridized carbons (Fsp3) is 0.462. The van der Waals surface area contributed by atoms with Crippen LogP contribution in [0.25, 0.3) is 11.0 Å². The van der Waals surface area contributed by atoms with Gasteiger partial charge in [-0.25, -0.2) is 15.8 Å². The number of hydrogen-bond donors (Lipinski definition) is 6. The molecule has 130 valence electrons. The van der Waals surface area contributed by atoms with Crippen LogP contribution in [0.15, 0.2) is 6.20 Å². The summed E-state index contributed by atoms with van der Waals surface area (Å²) in [5.74, 6) is 5.26. The van der Waals surface area contributed by atoms with Crippen molar-refractivity contribution < 1.29 is 24.9 Å². The van der Waals surface area contributed by atoms with Gasteiger partial charge in [0.1, 0.15) is 29.8 Å². The second-order valence-electron chi connectivity index (χ2n) is 5.51. The van der Waals surface area contributed by atoms with Crippen molar-refractivity contribution in [2.24, 2.45) is 11.6 Å². The van der Waals surface area contributed by atoms with Crippen molar-refractivity contribution in [3.05, 3.63) is 17.6 Å². The summed E-state index contributed by atoms with van der Waals surface area (Å²) >= 11 is 0. The van der Waals surface area contributed by atoms with Crippen molar-refractivity contribution in [3.63, 3.8) is 0 Å². The number of nitrogens with zero attached hydrogens (tertiary/aromatic N) is 3. The minimum Gasteiger partial charge on any atom is -0.394 e. The molecule has 1 aliphatic rings. The van der Waals surface area contributed by atoms with Gasteiger partial charge in [0.15, 0.2) is 12.0 Å². The zero-order valence-corrected chi connectivity index (χ0v) is 12.7. The molecule has 2 aromatic heterocycles. The third-order valence-corrected chi connectivity index (χ3v) is 3.98. The van der Waals surface area contributed by atoms with E-state index >= 15 is 0 Å². The Labute approximate surface area is 135 Å². The number of aryl methyl sites for hydroxylation is 1. The molecule has 1 saturated heterocycles. The number of nitrogens with one attached hydrogen (secondary N) is 1. The molecule has 0 spiro atoms. The first-order chi connectivity index (χ1) is 11.4. The van der Waals surface area contributed by atoms with Crippen LogP contribution >= 0.6 is 0 Å². The number of hydrazine groups is 1. The van der Waals surface area contributed by atoms with Crippen LogP contribution in [0.4, 0.5) is 5.82 Å². The van der Waals surface area contributed by atoms with E-state index in [4.69, 9.17) is 16.3 Å². The van der Waals surface area contributed by atoms with Crippen molar-refractivity contribution in [3.8, 4) is 0 Å². The minimum atomic E-state index is -1.33. The lowest BCUT2D eigenvalue weighted by Crippen LogP contribution is -2.33. The Balaban J connectivity index is 2.22. The van der Waals surface area contributed by atoms with Crippen molar-refractivity contribution in [1.82, 2.24) is 14.5 Å². The summed E-state index contributed by atoms with van der Waals surface area (Å²) in [5.41, 5.74) is 8.11. The van der Waals surface area contributed by atoms with Crippen LogP contribution in [0.2, 0.25) is 0 Å². The van der Waals surface area contributed by atoms with Gasteiger partial charge in [0.2, 0.25) is 0 Å². The maximum Gasteiger partial charge on any atom is 0.251 e. The number of aromatic nitrogens is 3. The molecule has 0 radical (unpaired) electrons. The molecular weight excluding hydrogens is 320 g/mol. The summed E-state index contributed by atoms with van der Waals surface area (Å²) in [6.45, 7) is 1.15. The van der Waals surface area contributed by atoms with Crippen LogP contribution in [0.1, 0.15) is 22.4 Å². The van der Waals surface area contributed by atoms with Crippen LogP contribution in [0.3, 0.4) is 0 Å². The lowest BCUT2D eigenvalue weighted by molar-refractivity contribution is -0.0509. The normalized spacial score (nSPS) is 26.9. The number of nitrogens with two attached hydrogens (primary N) is 2. The molecule has 0 bridgehead atoms. The van der Waals surface area contributed by atoms with Gasteiger partial charge < -0.3 is 35.8 Å². The SMILES string of the molecule is Cc1nc(NN)c2c(C(N)=O)cn([C@@H]3OC(CO)[C@@H](O)[C@H]3O)c2n1. The third kappa shape index (κ3) is 2.39. The molecule has 1 fully saturated rings. The molecule has 1 unspecified atom stereocenters. The van der Waals surface area contributed by atoms with Crippen LogP contribution in [-0.4, -0.2) is 60.7 Å². The van der Waals surface area contributed by atoms with Gasteiger partial charge in [-0.15, -0.1) is 0 Å². The zero-order valence-electron chi connectivity index (χ0n) is 12.7. The molecule has 2 aromatic rings. The van der Waals surface area contributed by atoms with Gasteiger partial charge in [0.05, 0.1) is 17.6 Å². The molecule has 11 heteroatoms. The molecule has 3 heterocycles. The Bertz CT molecular complexity index is 793. The Hall–Kier alpha value is -2.31. The van der Waals surface area contributed by atoms with Crippen molar-refractivity contribution in [1.29, 1.82) is 0 Å². The lowest BCUT2D eigenvalue weighted by atomic mass is 10.1. The fourth-order valence-corrected chi connectivity index (χ4v) is 2.85. The average Bonchev–Trinajstić information content (AvgIpc) is 3.05. The second kappa shape index (κ2) is 5.96. The number of nitrogen functional groups attached to an aromatic ring is 1. The van der Waals surface area contributed by atoms with E-state index in [0.717, 1.165) is 0 Å². The summed E-state index contributed by atoms with van der Waals surface area (Å²) in [5, 5.41) is 29.6. The number of primary amides is 1. The van der Waals surface area contributed by atoms with E-state index in [0.29, 0.717) is 5.82 Å². The summed E-state index contributed by atoms with van der Waals surface area (Å²) < 4.78 is 6.85. The zero-order chi connectivity index (χ0) is 17.6. The number of carbonyl (C=O) groups is 1. The maximum absolute atomic E-state index is 11.8. The van der Waals surface area contributed by atoms with Crippen LogP contribution in [0.5, 0.6) is 0 Å². The standard InChI is InChI=1S/C13H18N6O5/c1-4-16-11(18-15)7-5(10(14)23)2-19(12(7)17-4)13-9(22)8(21)6(3-20)24-13/h2,6,8-9,13,20-22H,3,15H2,1H3,(H2,14,23)(H,16,17,18)/t6?,8-,9-,13-/m1/s1. The van der Waals surface area contributed by atoms with E-state index in [9.17, 15) is 20.1 Å². The Morgan fingerprint density at radius 3 is 2.67 bits per heavy atom. The second-order valence-corrected chi connectivity index (χ2v) is 5.51. The number of ether oxygens (including phenoxy) is 1. The molecule has 4 atom stereocenters. The Morgan fingerprint density at radius 1 is 1.42 bits per heavy atom. The molecule has 8 N–H and O–H groups in total. The van der Waals surface area contributed by atoms with Gasteiger partial charge in [0.25, 0.3) is 5.91 Å². The van der Waals surface area contributed by atoms with E-state index in [-0.39, 0.29) is 22.4 Å². The van der Waals surface area contributed by atoms with E-state index in [1.807, 2.05) is 0 Å². The Morgan fingerprint density at radius 2 is 2.12 bits per heavy atom. The minimum absolute atomic E-state index is 0.0793. The number of fused-ring (bicyclic) bond motifs is 1. The third-order valence-electron chi connectivity index (χ3n) is 3.98. The smallest absolute Gasteiger partial charge is 0.251 e. The lowest BCUT2D eigenvalue weighted by Gasteiger charge is -2.17. The van der Waals surface area contributed by atoms with E-state index in [2.05, 4.69) is 15.4 Å². The van der Waals surface area contributed by atoms with E-state index < -0.39 is 37.1 Å². The highest BCUT2D eigenvalue weighted by molar-refractivity contribution is 6.09. The van der Waals surface area contributed by atoms with Gasteiger partial charge in [-0.2, -0.15) is 0 Å². The van der Waals surface area contributed by atoms with Gasteiger partial charge >= 0.3 is 0 Å². The largest absolute Gasteiger partial charge is 0.394 e. The number of amides is 1. The predicted molar refractivity (Wildman–Crippen MR) is 81.6 cm³/mol. The molecule has 24 heavy (non-hydrogen) atoms. The first-order valence-electron chi connectivity index (χ1n) is 7.17. The average molecular weight is 338 g/mol. The van der Waals surface area contributed by atoms with Gasteiger partial charge in [-0.05, 0) is 6.92 Å². The van der Waals surface area contributed by atoms with Gasteiger partial charge in [-0.3, -0.25) is 4.79 Å². The number of anilines is 1. The molecule has 1 aliphatic heterocycles. The quantitative estimate of drug-likeness (QED) is 0.264. The number of aliphatic hydroxyl groups excluding tert-OH is 3. The van der Waals surface area contributed by atoms with Crippen LogP contribution in [-0.2, 0) is 4.74 Å². The predicted octanol–water partition coefficient (Wildman–Crippen LogP) is -2.26. The summed E-state index contributed by atoms with van der Waals surface area (Å²) in [4.78, 5) is 20.1. The Kier molecular flexibility index (Phi) is 4.11. The topological polar surface area (TPSA) is 182 Å². The molecule has 11 nitrogen and oxygen atoms in total.